The number of aliphatic hydroxyl groups is 1. The van der Waals surface area contributed by atoms with E-state index in [1.165, 1.54) is 18.4 Å². The van der Waals surface area contributed by atoms with Crippen LogP contribution in [0.15, 0.2) is 24.3 Å². The number of nitrogens with zero attached hydrogens (tertiary/aromatic N) is 3. The van der Waals surface area contributed by atoms with Crippen LogP contribution in [0.3, 0.4) is 0 Å². The minimum absolute atomic E-state index is 0.322. The van der Waals surface area contributed by atoms with Crippen molar-refractivity contribution in [2.75, 3.05) is 26.2 Å². The van der Waals surface area contributed by atoms with Gasteiger partial charge < -0.3 is 19.9 Å². The van der Waals surface area contributed by atoms with Crippen LogP contribution in [-0.4, -0.2) is 51.8 Å². The molecule has 1 aromatic carbocycles. The van der Waals surface area contributed by atoms with E-state index in [-0.39, 0.29) is 6.10 Å². The molecule has 1 atom stereocenters. The highest BCUT2D eigenvalue weighted by Crippen LogP contribution is 2.17. The number of aryl methyl sites for hydroxylation is 1. The molecule has 1 unspecified atom stereocenters. The molecule has 0 bridgehead atoms. The number of fused-ring (bicyclic) bond motifs is 1. The summed E-state index contributed by atoms with van der Waals surface area (Å²) in [6.07, 6.45) is 3.27. The van der Waals surface area contributed by atoms with Crippen LogP contribution in [0.25, 0.3) is 11.0 Å². The predicted octanol–water partition coefficient (Wildman–Crippen LogP) is 2.63. The molecule has 2 aromatic rings. The van der Waals surface area contributed by atoms with Crippen molar-refractivity contribution in [1.82, 2.24) is 19.8 Å². The summed E-state index contributed by atoms with van der Waals surface area (Å²) in [6.45, 7) is 9.79. The SMILES string of the molecule is CCCn1c(CNCC(O)CN2CCC(C)CC2)nc2ccccc21. The van der Waals surface area contributed by atoms with Crippen LogP contribution in [0.1, 0.15) is 38.9 Å². The maximum Gasteiger partial charge on any atom is 0.123 e. The van der Waals surface area contributed by atoms with Gasteiger partial charge in [-0.1, -0.05) is 26.0 Å². The Morgan fingerprint density at radius 1 is 1.28 bits per heavy atom. The lowest BCUT2D eigenvalue weighted by molar-refractivity contribution is 0.0905. The van der Waals surface area contributed by atoms with Gasteiger partial charge in [-0.15, -0.1) is 0 Å². The number of piperidine rings is 1. The number of hydrogen-bond acceptors (Lipinski definition) is 4. The second-order valence-corrected chi connectivity index (χ2v) is 7.44. The topological polar surface area (TPSA) is 53.3 Å². The summed E-state index contributed by atoms with van der Waals surface area (Å²) in [7, 11) is 0. The van der Waals surface area contributed by atoms with Crippen LogP contribution in [0.5, 0.6) is 0 Å². The van der Waals surface area contributed by atoms with Crippen LogP contribution in [-0.2, 0) is 13.1 Å². The van der Waals surface area contributed by atoms with Gasteiger partial charge in [0.15, 0.2) is 0 Å². The van der Waals surface area contributed by atoms with Gasteiger partial charge >= 0.3 is 0 Å². The fourth-order valence-corrected chi connectivity index (χ4v) is 3.69. The van der Waals surface area contributed by atoms with Crippen molar-refractivity contribution in [3.8, 4) is 0 Å². The zero-order chi connectivity index (χ0) is 17.6. The van der Waals surface area contributed by atoms with E-state index < -0.39 is 0 Å². The largest absolute Gasteiger partial charge is 0.390 e. The lowest BCUT2D eigenvalue weighted by Gasteiger charge is -2.31. The molecule has 0 aliphatic carbocycles. The van der Waals surface area contributed by atoms with E-state index in [9.17, 15) is 5.11 Å². The number of benzene rings is 1. The second kappa shape index (κ2) is 8.79. The molecule has 0 amide bonds. The molecule has 2 heterocycles. The molecular formula is C20H32N4O. The fraction of sp³-hybridized carbons (Fsp3) is 0.650. The van der Waals surface area contributed by atoms with Crippen LogP contribution in [0.2, 0.25) is 0 Å². The third kappa shape index (κ3) is 4.81. The van der Waals surface area contributed by atoms with E-state index >= 15 is 0 Å². The average molecular weight is 345 g/mol. The van der Waals surface area contributed by atoms with Crippen LogP contribution in [0.4, 0.5) is 0 Å². The first kappa shape index (κ1) is 18.4. The zero-order valence-electron chi connectivity index (χ0n) is 15.6. The molecule has 1 aliphatic rings. The number of β-amino-alcohol motifs (C(OH)–C–C–N with tert-alkyl or cyclic N) is 1. The first-order valence-corrected chi connectivity index (χ1v) is 9.72. The lowest BCUT2D eigenvalue weighted by Crippen LogP contribution is -2.41. The van der Waals surface area contributed by atoms with E-state index in [0.717, 1.165) is 49.9 Å². The Labute approximate surface area is 151 Å². The Balaban J connectivity index is 1.51. The van der Waals surface area contributed by atoms with E-state index in [2.05, 4.69) is 46.8 Å². The standard InChI is InChI=1S/C20H32N4O/c1-3-10-24-19-7-5-4-6-18(19)22-20(24)14-21-13-17(25)15-23-11-8-16(2)9-12-23/h4-7,16-17,21,25H,3,8-15H2,1-2H3. The minimum Gasteiger partial charge on any atom is -0.390 e. The summed E-state index contributed by atoms with van der Waals surface area (Å²) in [5, 5.41) is 13.7. The Hall–Kier alpha value is -1.43. The fourth-order valence-electron chi connectivity index (χ4n) is 3.69. The Morgan fingerprint density at radius 2 is 2.04 bits per heavy atom. The first-order chi connectivity index (χ1) is 12.2. The van der Waals surface area contributed by atoms with Crippen molar-refractivity contribution in [2.24, 2.45) is 5.92 Å². The number of likely N-dealkylation sites (tertiary alicyclic amines) is 1. The first-order valence-electron chi connectivity index (χ1n) is 9.72. The maximum absolute atomic E-state index is 10.3. The van der Waals surface area contributed by atoms with Crippen LogP contribution >= 0.6 is 0 Å². The molecule has 2 N–H and O–H groups in total. The van der Waals surface area contributed by atoms with Gasteiger partial charge in [-0.05, 0) is 50.4 Å². The van der Waals surface area contributed by atoms with Crippen LogP contribution < -0.4 is 5.32 Å². The number of hydrogen-bond donors (Lipinski definition) is 2. The molecule has 3 rings (SSSR count). The van der Waals surface area contributed by atoms with Gasteiger partial charge in [-0.2, -0.15) is 0 Å². The quantitative estimate of drug-likeness (QED) is 0.773. The number of aromatic nitrogens is 2. The smallest absolute Gasteiger partial charge is 0.123 e. The van der Waals surface area contributed by atoms with Crippen LogP contribution in [0, 0.1) is 5.92 Å². The molecule has 25 heavy (non-hydrogen) atoms. The summed E-state index contributed by atoms with van der Waals surface area (Å²) in [4.78, 5) is 7.15. The van der Waals surface area contributed by atoms with E-state index in [4.69, 9.17) is 4.98 Å². The number of aliphatic hydroxyl groups excluding tert-OH is 1. The molecule has 0 spiro atoms. The Morgan fingerprint density at radius 3 is 2.80 bits per heavy atom. The molecular weight excluding hydrogens is 312 g/mol. The van der Waals surface area contributed by atoms with Gasteiger partial charge in [0.2, 0.25) is 0 Å². The van der Waals surface area contributed by atoms with Crippen molar-refractivity contribution in [2.45, 2.75) is 52.3 Å². The highest BCUT2D eigenvalue weighted by molar-refractivity contribution is 5.75. The third-order valence-corrected chi connectivity index (χ3v) is 5.19. The van der Waals surface area contributed by atoms with Gasteiger partial charge in [-0.25, -0.2) is 4.98 Å². The predicted molar refractivity (Wildman–Crippen MR) is 103 cm³/mol. The summed E-state index contributed by atoms with van der Waals surface area (Å²) in [6, 6.07) is 8.30. The van der Waals surface area contributed by atoms with E-state index in [1.807, 2.05) is 6.07 Å². The molecule has 138 valence electrons. The van der Waals surface area contributed by atoms with Gasteiger partial charge in [0, 0.05) is 19.6 Å². The third-order valence-electron chi connectivity index (χ3n) is 5.19. The Kier molecular flexibility index (Phi) is 6.45. The Bertz CT molecular complexity index is 661. The van der Waals surface area contributed by atoms with Crippen molar-refractivity contribution in [1.29, 1.82) is 0 Å². The highest BCUT2D eigenvalue weighted by atomic mass is 16.3. The molecule has 5 nitrogen and oxygen atoms in total. The molecule has 5 heteroatoms. The normalized spacial score (nSPS) is 18.0. The van der Waals surface area contributed by atoms with Gasteiger partial charge in [0.1, 0.15) is 5.82 Å². The number of para-hydroxylation sites is 2. The number of rotatable bonds is 8. The van der Waals surface area contributed by atoms with Crippen molar-refractivity contribution < 1.29 is 5.11 Å². The summed E-state index contributed by atoms with van der Waals surface area (Å²) >= 11 is 0. The second-order valence-electron chi connectivity index (χ2n) is 7.44. The van der Waals surface area contributed by atoms with E-state index in [0.29, 0.717) is 13.1 Å². The van der Waals surface area contributed by atoms with E-state index in [1.54, 1.807) is 0 Å². The summed E-state index contributed by atoms with van der Waals surface area (Å²) in [5.41, 5.74) is 2.25. The summed E-state index contributed by atoms with van der Waals surface area (Å²) < 4.78 is 2.29. The molecule has 0 radical (unpaired) electrons. The van der Waals surface area contributed by atoms with Crippen molar-refractivity contribution in [3.05, 3.63) is 30.1 Å². The monoisotopic (exact) mass is 344 g/mol. The number of imidazole rings is 1. The molecule has 1 fully saturated rings. The molecule has 1 aliphatic heterocycles. The lowest BCUT2D eigenvalue weighted by atomic mass is 9.99. The molecule has 1 aromatic heterocycles. The minimum atomic E-state index is -0.322. The van der Waals surface area contributed by atoms with Gasteiger partial charge in [0.25, 0.3) is 0 Å². The zero-order valence-corrected chi connectivity index (χ0v) is 15.6. The summed E-state index contributed by atoms with van der Waals surface area (Å²) in [5.74, 6) is 1.89. The van der Waals surface area contributed by atoms with Gasteiger partial charge in [0.05, 0.1) is 23.7 Å². The van der Waals surface area contributed by atoms with Crippen molar-refractivity contribution >= 4 is 11.0 Å². The van der Waals surface area contributed by atoms with Gasteiger partial charge in [-0.3, -0.25) is 0 Å². The highest BCUT2D eigenvalue weighted by Gasteiger charge is 2.18. The number of nitrogens with one attached hydrogen (secondary N) is 1. The average Bonchev–Trinajstić information content (AvgIpc) is 2.95. The van der Waals surface area contributed by atoms with Crippen molar-refractivity contribution in [3.63, 3.8) is 0 Å². The molecule has 0 saturated carbocycles. The maximum atomic E-state index is 10.3. The molecule has 1 saturated heterocycles.